The van der Waals surface area contributed by atoms with Crippen LogP contribution in [-0.4, -0.2) is 52.3 Å². The number of nitrogens with zero attached hydrogens (tertiary/aromatic N) is 5. The van der Waals surface area contributed by atoms with Gasteiger partial charge in [-0.15, -0.1) is 0 Å². The Hall–Kier alpha value is -3.75. The van der Waals surface area contributed by atoms with Crippen molar-refractivity contribution in [1.29, 1.82) is 0 Å². The summed E-state index contributed by atoms with van der Waals surface area (Å²) in [4.78, 5) is 23.3. The number of benzene rings is 2. The summed E-state index contributed by atoms with van der Waals surface area (Å²) in [6.45, 7) is 3.00. The molecule has 0 radical (unpaired) electrons. The average Bonchev–Trinajstić information content (AvgIpc) is 3.44. The number of imidazole rings is 1. The van der Waals surface area contributed by atoms with Gasteiger partial charge in [-0.25, -0.2) is 13.8 Å². The number of aromatic amines is 1. The minimum absolute atomic E-state index is 0.276. The Morgan fingerprint density at radius 1 is 1.20 bits per heavy atom. The molecule has 1 saturated heterocycles. The minimum atomic E-state index is -0.795. The van der Waals surface area contributed by atoms with Crippen molar-refractivity contribution in [2.24, 2.45) is 7.05 Å². The highest BCUT2D eigenvalue weighted by atomic mass is 19.1. The van der Waals surface area contributed by atoms with E-state index in [9.17, 15) is 9.18 Å². The molecule has 2 aromatic carbocycles. The summed E-state index contributed by atoms with van der Waals surface area (Å²) in [5.41, 5.74) is 5.39. The zero-order valence-corrected chi connectivity index (χ0v) is 20.0. The summed E-state index contributed by atoms with van der Waals surface area (Å²) in [5, 5.41) is 4.36. The van der Waals surface area contributed by atoms with E-state index in [1.807, 2.05) is 48.0 Å². The number of fused-ring (bicyclic) bond motifs is 1. The van der Waals surface area contributed by atoms with E-state index >= 15 is 4.39 Å². The van der Waals surface area contributed by atoms with Crippen LogP contribution in [0.4, 0.5) is 20.2 Å². The average molecular weight is 479 g/mol. The minimum Gasteiger partial charge on any atom is -0.371 e. The van der Waals surface area contributed by atoms with E-state index in [1.54, 1.807) is 24.1 Å². The first-order chi connectivity index (χ1) is 16.9. The van der Waals surface area contributed by atoms with Gasteiger partial charge in [0.25, 0.3) is 0 Å². The summed E-state index contributed by atoms with van der Waals surface area (Å²) < 4.78 is 31.1. The van der Waals surface area contributed by atoms with Crippen molar-refractivity contribution in [2.45, 2.75) is 32.0 Å². The normalized spacial score (nSPS) is 15.5. The Morgan fingerprint density at radius 3 is 2.69 bits per heavy atom. The summed E-state index contributed by atoms with van der Waals surface area (Å²) in [7, 11) is 3.65. The number of carbonyl (C=O) groups is 1. The molecule has 7 nitrogen and oxygen atoms in total. The summed E-state index contributed by atoms with van der Waals surface area (Å²) in [6.07, 6.45) is 2.45. The molecule has 1 fully saturated rings. The molecule has 2 aromatic heterocycles. The van der Waals surface area contributed by atoms with Gasteiger partial charge >= 0.3 is 0 Å². The van der Waals surface area contributed by atoms with E-state index in [0.717, 1.165) is 28.1 Å². The van der Waals surface area contributed by atoms with Crippen molar-refractivity contribution in [3.8, 4) is 0 Å². The number of hydrogen-bond acceptors (Lipinski definition) is 5. The van der Waals surface area contributed by atoms with Crippen LogP contribution in [-0.2, 0) is 7.05 Å². The fraction of sp³-hybridized carbons (Fsp3) is 0.346. The third-order valence-corrected chi connectivity index (χ3v) is 7.06. The van der Waals surface area contributed by atoms with Gasteiger partial charge in [0.1, 0.15) is 17.7 Å². The number of aromatic nitrogens is 4. The number of halogens is 2. The number of alkyl halides is 1. The number of carbonyl (C=O) groups excluding carboxylic acids is 1. The molecule has 1 atom stereocenters. The molecular formula is C26H28F2N6O. The molecule has 0 bridgehead atoms. The Kier molecular flexibility index (Phi) is 6.00. The maximum Gasteiger partial charge on any atom is 0.170 e. The van der Waals surface area contributed by atoms with E-state index in [1.165, 1.54) is 6.07 Å². The molecule has 1 unspecified atom stereocenters. The van der Waals surface area contributed by atoms with Crippen LogP contribution in [0.15, 0.2) is 42.7 Å². The molecule has 1 aliphatic heterocycles. The van der Waals surface area contributed by atoms with Gasteiger partial charge in [0.15, 0.2) is 6.29 Å². The molecule has 0 spiro atoms. The van der Waals surface area contributed by atoms with Gasteiger partial charge in [0.2, 0.25) is 0 Å². The monoisotopic (exact) mass is 478 g/mol. The van der Waals surface area contributed by atoms with Crippen LogP contribution in [0.2, 0.25) is 0 Å². The zero-order valence-electron chi connectivity index (χ0n) is 20.0. The molecule has 35 heavy (non-hydrogen) atoms. The van der Waals surface area contributed by atoms with Gasteiger partial charge in [-0.3, -0.25) is 9.48 Å². The second-order valence-electron chi connectivity index (χ2n) is 9.11. The molecule has 5 rings (SSSR count). The zero-order chi connectivity index (χ0) is 24.7. The summed E-state index contributed by atoms with van der Waals surface area (Å²) in [5.74, 6) is -0.385. The Labute approximate surface area is 202 Å². The molecule has 0 saturated carbocycles. The van der Waals surface area contributed by atoms with E-state index in [0.29, 0.717) is 43.3 Å². The lowest BCUT2D eigenvalue weighted by Gasteiger charge is -2.33. The van der Waals surface area contributed by atoms with Gasteiger partial charge < -0.3 is 14.8 Å². The molecule has 1 aliphatic rings. The topological polar surface area (TPSA) is 70.1 Å². The highest BCUT2D eigenvalue weighted by molar-refractivity contribution is 5.80. The van der Waals surface area contributed by atoms with Crippen molar-refractivity contribution < 1.29 is 13.6 Å². The van der Waals surface area contributed by atoms with Crippen molar-refractivity contribution in [3.05, 3.63) is 71.1 Å². The third-order valence-electron chi connectivity index (χ3n) is 7.06. The number of hydrogen-bond donors (Lipinski definition) is 1. The molecule has 3 heterocycles. The lowest BCUT2D eigenvalue weighted by Crippen LogP contribution is -2.34. The summed E-state index contributed by atoms with van der Waals surface area (Å²) >= 11 is 0. The van der Waals surface area contributed by atoms with E-state index in [4.69, 9.17) is 0 Å². The predicted molar refractivity (Wildman–Crippen MR) is 132 cm³/mol. The van der Waals surface area contributed by atoms with Crippen molar-refractivity contribution in [2.75, 3.05) is 29.9 Å². The van der Waals surface area contributed by atoms with Crippen LogP contribution < -0.4 is 9.80 Å². The smallest absolute Gasteiger partial charge is 0.170 e. The van der Waals surface area contributed by atoms with E-state index in [2.05, 4.69) is 15.1 Å². The van der Waals surface area contributed by atoms with Crippen molar-refractivity contribution >= 4 is 28.7 Å². The quantitative estimate of drug-likeness (QED) is 0.406. The van der Waals surface area contributed by atoms with Gasteiger partial charge in [-0.05, 0) is 50.1 Å². The molecular weight excluding hydrogens is 450 g/mol. The first-order valence-corrected chi connectivity index (χ1v) is 11.7. The van der Waals surface area contributed by atoms with Crippen LogP contribution in [0.1, 0.15) is 46.2 Å². The maximum absolute atomic E-state index is 15.8. The number of aryl methyl sites for hydroxylation is 1. The van der Waals surface area contributed by atoms with Gasteiger partial charge in [0.05, 0.1) is 23.4 Å². The first-order valence-electron chi connectivity index (χ1n) is 11.7. The van der Waals surface area contributed by atoms with Crippen molar-refractivity contribution in [1.82, 2.24) is 19.7 Å². The largest absolute Gasteiger partial charge is 0.371 e. The van der Waals surface area contributed by atoms with Crippen molar-refractivity contribution in [3.63, 3.8) is 0 Å². The predicted octanol–water partition coefficient (Wildman–Crippen LogP) is 4.72. The molecule has 0 amide bonds. The van der Waals surface area contributed by atoms with E-state index in [-0.39, 0.29) is 11.5 Å². The number of rotatable bonds is 6. The highest BCUT2D eigenvalue weighted by Crippen LogP contribution is 2.38. The van der Waals surface area contributed by atoms with Gasteiger partial charge in [0, 0.05) is 55.4 Å². The van der Waals surface area contributed by atoms with Crippen LogP contribution in [0.5, 0.6) is 0 Å². The first kappa shape index (κ1) is 23.0. The lowest BCUT2D eigenvalue weighted by molar-refractivity contribution is 0.111. The number of nitrogens with one attached hydrogen (secondary N) is 1. The SMILES string of the molecule is Cc1c(C(c2ccc(N3CCC(F)CC3)cc2F)N(C)c2ccc3nc[nH]c3c2)c(C=O)nn1C. The van der Waals surface area contributed by atoms with Crippen LogP contribution >= 0.6 is 0 Å². The Balaban J connectivity index is 1.60. The summed E-state index contributed by atoms with van der Waals surface area (Å²) in [6, 6.07) is 10.3. The Morgan fingerprint density at radius 2 is 1.97 bits per heavy atom. The second-order valence-corrected chi connectivity index (χ2v) is 9.11. The van der Waals surface area contributed by atoms with Crippen LogP contribution in [0.3, 0.4) is 0 Å². The molecule has 182 valence electrons. The van der Waals surface area contributed by atoms with Crippen LogP contribution in [0.25, 0.3) is 11.0 Å². The number of aldehydes is 1. The molecule has 0 aliphatic carbocycles. The second kappa shape index (κ2) is 9.13. The number of H-pyrrole nitrogens is 1. The third kappa shape index (κ3) is 4.15. The number of anilines is 2. The molecule has 4 aromatic rings. The highest BCUT2D eigenvalue weighted by Gasteiger charge is 2.30. The van der Waals surface area contributed by atoms with E-state index < -0.39 is 12.2 Å². The Bertz CT molecular complexity index is 1370. The lowest BCUT2D eigenvalue weighted by atomic mass is 9.94. The van der Waals surface area contributed by atoms with Gasteiger partial charge in [-0.2, -0.15) is 5.10 Å². The van der Waals surface area contributed by atoms with Crippen LogP contribution in [0, 0.1) is 12.7 Å². The fourth-order valence-electron chi connectivity index (χ4n) is 4.97. The molecule has 9 heteroatoms. The standard InChI is InChI=1S/C26H28F2N6O/c1-16-25(24(14-35)31-33(16)3)26(32(2)18-5-7-22-23(13-18)30-15-29-22)20-6-4-19(12-21(20)28)34-10-8-17(27)9-11-34/h4-7,12-15,17,26H,8-11H2,1-3H3,(H,29,30). The molecule has 1 N–H and O–H groups in total. The fourth-order valence-corrected chi connectivity index (χ4v) is 4.97. The van der Waals surface area contributed by atoms with Gasteiger partial charge in [-0.1, -0.05) is 6.07 Å². The maximum atomic E-state index is 15.8. The number of piperidine rings is 1.